The third-order valence-corrected chi connectivity index (χ3v) is 3.04. The van der Waals surface area contributed by atoms with Gasteiger partial charge in [-0.25, -0.2) is 8.78 Å². The van der Waals surface area contributed by atoms with Gasteiger partial charge in [-0.2, -0.15) is 0 Å². The van der Waals surface area contributed by atoms with Crippen LogP contribution >= 0.6 is 22.6 Å². The topological polar surface area (TPSA) is 9.23 Å². The molecule has 0 spiro atoms. The van der Waals surface area contributed by atoms with Crippen molar-refractivity contribution in [3.8, 4) is 5.75 Å². The summed E-state index contributed by atoms with van der Waals surface area (Å²) < 4.78 is 32.0. The molecule has 1 nitrogen and oxygen atoms in total. The van der Waals surface area contributed by atoms with Crippen molar-refractivity contribution < 1.29 is 13.5 Å². The monoisotopic (exact) mass is 346 g/mol. The zero-order valence-corrected chi connectivity index (χ0v) is 10.9. The molecule has 0 heterocycles. The van der Waals surface area contributed by atoms with Crippen molar-refractivity contribution in [2.24, 2.45) is 0 Å². The van der Waals surface area contributed by atoms with Crippen LogP contribution in [0.1, 0.15) is 5.56 Å². The summed E-state index contributed by atoms with van der Waals surface area (Å²) in [5, 5.41) is 0. The van der Waals surface area contributed by atoms with Gasteiger partial charge in [0.05, 0.1) is 3.57 Å². The highest BCUT2D eigenvalue weighted by molar-refractivity contribution is 14.1. The molecule has 88 valence electrons. The van der Waals surface area contributed by atoms with Crippen LogP contribution in [-0.2, 0) is 6.61 Å². The van der Waals surface area contributed by atoms with E-state index in [1.54, 1.807) is 22.6 Å². The zero-order chi connectivity index (χ0) is 12.3. The van der Waals surface area contributed by atoms with Crippen LogP contribution in [0, 0.1) is 15.2 Å². The molecule has 2 rings (SSSR count). The SMILES string of the molecule is Fc1cc(F)c(OCc2ccccc2)cc1I. The Morgan fingerprint density at radius 3 is 2.41 bits per heavy atom. The molecule has 0 N–H and O–H groups in total. The van der Waals surface area contributed by atoms with Crippen molar-refractivity contribution >= 4 is 22.6 Å². The number of hydrogen-bond acceptors (Lipinski definition) is 1. The molecule has 0 saturated carbocycles. The van der Waals surface area contributed by atoms with Gasteiger partial charge < -0.3 is 4.74 Å². The Morgan fingerprint density at radius 2 is 1.71 bits per heavy atom. The highest BCUT2D eigenvalue weighted by atomic mass is 127. The molecule has 0 saturated heterocycles. The van der Waals surface area contributed by atoms with Gasteiger partial charge in [0, 0.05) is 6.07 Å². The molecule has 0 aliphatic rings. The standard InChI is InChI=1S/C13H9F2IO/c14-10-6-11(15)13(7-12(10)16)17-8-9-4-2-1-3-5-9/h1-7H,8H2. The summed E-state index contributed by atoms with van der Waals surface area (Å²) in [4.78, 5) is 0. The molecule has 0 atom stereocenters. The normalized spacial score (nSPS) is 10.3. The van der Waals surface area contributed by atoms with Crippen LogP contribution in [0.2, 0.25) is 0 Å². The fourth-order valence-electron chi connectivity index (χ4n) is 1.35. The van der Waals surface area contributed by atoms with Gasteiger partial charge >= 0.3 is 0 Å². The van der Waals surface area contributed by atoms with Crippen LogP contribution in [-0.4, -0.2) is 0 Å². The lowest BCUT2D eigenvalue weighted by Crippen LogP contribution is -1.98. The lowest BCUT2D eigenvalue weighted by molar-refractivity contribution is 0.289. The first-order valence-electron chi connectivity index (χ1n) is 4.98. The van der Waals surface area contributed by atoms with Gasteiger partial charge in [-0.15, -0.1) is 0 Å². The first kappa shape index (κ1) is 12.3. The van der Waals surface area contributed by atoms with Crippen LogP contribution in [0.15, 0.2) is 42.5 Å². The van der Waals surface area contributed by atoms with Gasteiger partial charge in [0.2, 0.25) is 0 Å². The van der Waals surface area contributed by atoms with E-state index in [1.807, 2.05) is 30.3 Å². The molecule has 0 aromatic heterocycles. The van der Waals surface area contributed by atoms with E-state index in [0.717, 1.165) is 11.6 Å². The Balaban J connectivity index is 2.12. The Hall–Kier alpha value is -1.17. The molecule has 0 aliphatic carbocycles. The Kier molecular flexibility index (Phi) is 3.93. The van der Waals surface area contributed by atoms with Gasteiger partial charge in [0.25, 0.3) is 0 Å². The second-order valence-corrected chi connectivity index (χ2v) is 4.63. The molecular formula is C13H9F2IO. The van der Waals surface area contributed by atoms with Crippen molar-refractivity contribution in [3.05, 3.63) is 63.2 Å². The average Bonchev–Trinajstić information content (AvgIpc) is 2.33. The smallest absolute Gasteiger partial charge is 0.168 e. The zero-order valence-electron chi connectivity index (χ0n) is 8.79. The van der Waals surface area contributed by atoms with Gasteiger partial charge in [-0.3, -0.25) is 0 Å². The van der Waals surface area contributed by atoms with Crippen molar-refractivity contribution in [1.82, 2.24) is 0 Å². The summed E-state index contributed by atoms with van der Waals surface area (Å²) in [7, 11) is 0. The summed E-state index contributed by atoms with van der Waals surface area (Å²) in [6.45, 7) is 0.263. The second kappa shape index (κ2) is 5.44. The quantitative estimate of drug-likeness (QED) is 0.599. The Bertz CT molecular complexity index is 514. The summed E-state index contributed by atoms with van der Waals surface area (Å²) >= 11 is 1.80. The van der Waals surface area contributed by atoms with E-state index in [-0.39, 0.29) is 12.4 Å². The van der Waals surface area contributed by atoms with Gasteiger partial charge in [0.15, 0.2) is 11.6 Å². The van der Waals surface area contributed by atoms with Crippen LogP contribution in [0.5, 0.6) is 5.75 Å². The predicted octanol–water partition coefficient (Wildman–Crippen LogP) is 4.15. The third kappa shape index (κ3) is 3.15. The molecule has 0 fully saturated rings. The fraction of sp³-hybridized carbons (Fsp3) is 0.0769. The highest BCUT2D eigenvalue weighted by Crippen LogP contribution is 2.23. The minimum Gasteiger partial charge on any atom is -0.486 e. The number of ether oxygens (including phenoxy) is 1. The first-order chi connectivity index (χ1) is 8.16. The minimum absolute atomic E-state index is 0.0691. The average molecular weight is 346 g/mol. The molecular weight excluding hydrogens is 337 g/mol. The molecule has 4 heteroatoms. The number of rotatable bonds is 3. The molecule has 17 heavy (non-hydrogen) atoms. The second-order valence-electron chi connectivity index (χ2n) is 3.47. The number of halogens is 3. The van der Waals surface area contributed by atoms with Crippen molar-refractivity contribution in [2.45, 2.75) is 6.61 Å². The van der Waals surface area contributed by atoms with Crippen LogP contribution < -0.4 is 4.74 Å². The van der Waals surface area contributed by atoms with E-state index in [4.69, 9.17) is 4.74 Å². The molecule has 0 amide bonds. The van der Waals surface area contributed by atoms with Crippen LogP contribution in [0.4, 0.5) is 8.78 Å². The van der Waals surface area contributed by atoms with Crippen LogP contribution in [0.3, 0.4) is 0 Å². The third-order valence-electron chi connectivity index (χ3n) is 2.21. The molecule has 2 aromatic carbocycles. The molecule has 2 aromatic rings. The molecule has 0 unspecified atom stereocenters. The Morgan fingerprint density at radius 1 is 1.00 bits per heavy atom. The molecule has 0 radical (unpaired) electrons. The highest BCUT2D eigenvalue weighted by Gasteiger charge is 2.09. The van der Waals surface area contributed by atoms with Crippen molar-refractivity contribution in [1.29, 1.82) is 0 Å². The van der Waals surface area contributed by atoms with E-state index >= 15 is 0 Å². The lowest BCUT2D eigenvalue weighted by Gasteiger charge is -2.08. The van der Waals surface area contributed by atoms with E-state index in [9.17, 15) is 8.78 Å². The summed E-state index contributed by atoms with van der Waals surface area (Å²) in [6.07, 6.45) is 0. The maximum absolute atomic E-state index is 13.4. The molecule has 0 aliphatic heterocycles. The van der Waals surface area contributed by atoms with E-state index in [2.05, 4.69) is 0 Å². The summed E-state index contributed by atoms with van der Waals surface area (Å²) in [5.41, 5.74) is 0.936. The summed E-state index contributed by atoms with van der Waals surface area (Å²) in [5.74, 6) is -1.19. The first-order valence-corrected chi connectivity index (χ1v) is 6.06. The van der Waals surface area contributed by atoms with Gasteiger partial charge in [-0.1, -0.05) is 30.3 Å². The Labute approximate surface area is 112 Å². The van der Waals surface area contributed by atoms with Crippen LogP contribution in [0.25, 0.3) is 0 Å². The summed E-state index contributed by atoms with van der Waals surface area (Å²) in [6, 6.07) is 11.6. The maximum atomic E-state index is 13.4. The minimum atomic E-state index is -0.682. The van der Waals surface area contributed by atoms with Gasteiger partial charge in [-0.05, 0) is 34.2 Å². The number of benzene rings is 2. The number of hydrogen-bond donors (Lipinski definition) is 0. The van der Waals surface area contributed by atoms with Gasteiger partial charge in [0.1, 0.15) is 12.4 Å². The largest absolute Gasteiger partial charge is 0.486 e. The van der Waals surface area contributed by atoms with Crippen molar-refractivity contribution in [3.63, 3.8) is 0 Å². The van der Waals surface area contributed by atoms with Crippen molar-refractivity contribution in [2.75, 3.05) is 0 Å². The maximum Gasteiger partial charge on any atom is 0.168 e. The van der Waals surface area contributed by atoms with E-state index in [0.29, 0.717) is 3.57 Å². The predicted molar refractivity (Wildman–Crippen MR) is 69.8 cm³/mol. The van der Waals surface area contributed by atoms with E-state index in [1.165, 1.54) is 6.07 Å². The van der Waals surface area contributed by atoms with E-state index < -0.39 is 11.6 Å². The molecule has 0 bridgehead atoms. The fourth-order valence-corrected chi connectivity index (χ4v) is 1.79. The lowest BCUT2D eigenvalue weighted by atomic mass is 10.2.